The fourth-order valence-electron chi connectivity index (χ4n) is 4.18. The molecule has 4 aromatic carbocycles. The lowest BCUT2D eigenvalue weighted by Crippen LogP contribution is -1.92. The summed E-state index contributed by atoms with van der Waals surface area (Å²) in [5.41, 5.74) is 4.83. The minimum absolute atomic E-state index is 1.19. The summed E-state index contributed by atoms with van der Waals surface area (Å²) in [6.07, 6.45) is 2.17. The molecule has 6 aromatic rings. The van der Waals surface area contributed by atoms with Crippen molar-refractivity contribution >= 4 is 43.5 Å². The molecule has 0 radical (unpaired) electrons. The highest BCUT2D eigenvalue weighted by molar-refractivity contribution is 6.27. The zero-order valence-electron chi connectivity index (χ0n) is 14.1. The van der Waals surface area contributed by atoms with Gasteiger partial charge < -0.3 is 9.55 Å². The van der Waals surface area contributed by atoms with Crippen molar-refractivity contribution in [2.45, 2.75) is 0 Å². The lowest BCUT2D eigenvalue weighted by atomic mass is 10.0. The molecule has 0 amide bonds. The van der Waals surface area contributed by atoms with Crippen LogP contribution in [0.25, 0.3) is 49.2 Å². The Hall–Kier alpha value is -3.52. The lowest BCUT2D eigenvalue weighted by Gasteiger charge is -2.09. The number of fused-ring (bicyclic) bond motifs is 7. The Kier molecular flexibility index (Phi) is 2.64. The minimum atomic E-state index is 1.19. The minimum Gasteiger partial charge on any atom is -0.354 e. The van der Waals surface area contributed by atoms with Gasteiger partial charge in [0.05, 0.1) is 5.52 Å². The van der Waals surface area contributed by atoms with Crippen molar-refractivity contribution in [2.24, 2.45) is 0 Å². The van der Waals surface area contributed by atoms with Crippen LogP contribution in [0.1, 0.15) is 0 Å². The monoisotopic (exact) mass is 332 g/mol. The summed E-state index contributed by atoms with van der Waals surface area (Å²) in [5.74, 6) is 0. The van der Waals surface area contributed by atoms with Crippen LogP contribution in [0.15, 0.2) is 91.1 Å². The van der Waals surface area contributed by atoms with Crippen LogP contribution >= 0.6 is 0 Å². The van der Waals surface area contributed by atoms with Gasteiger partial charge in [0.25, 0.3) is 0 Å². The van der Waals surface area contributed by atoms with Gasteiger partial charge in [-0.2, -0.15) is 0 Å². The summed E-state index contributed by atoms with van der Waals surface area (Å²) in [4.78, 5) is 3.58. The first-order chi connectivity index (χ1) is 12.9. The Morgan fingerprint density at radius 3 is 2.27 bits per heavy atom. The van der Waals surface area contributed by atoms with E-state index in [0.29, 0.717) is 0 Å². The van der Waals surface area contributed by atoms with Crippen LogP contribution in [0, 0.1) is 0 Å². The topological polar surface area (TPSA) is 20.7 Å². The molecule has 0 fully saturated rings. The second kappa shape index (κ2) is 4.99. The highest BCUT2D eigenvalue weighted by Gasteiger charge is 2.13. The van der Waals surface area contributed by atoms with Gasteiger partial charge in [-0.1, -0.05) is 54.6 Å². The van der Waals surface area contributed by atoms with E-state index in [1.54, 1.807) is 0 Å². The summed E-state index contributed by atoms with van der Waals surface area (Å²) in [5, 5.41) is 6.43. The zero-order valence-corrected chi connectivity index (χ0v) is 14.1. The first-order valence-electron chi connectivity index (χ1n) is 8.89. The first-order valence-corrected chi connectivity index (χ1v) is 8.89. The van der Waals surface area contributed by atoms with Crippen molar-refractivity contribution in [3.05, 3.63) is 91.1 Å². The summed E-state index contributed by atoms with van der Waals surface area (Å²) in [7, 11) is 0. The highest BCUT2D eigenvalue weighted by atomic mass is 15.0. The normalized spacial score (nSPS) is 11.8. The molecule has 122 valence electrons. The zero-order chi connectivity index (χ0) is 17.1. The van der Waals surface area contributed by atoms with Crippen molar-refractivity contribution in [1.82, 2.24) is 9.55 Å². The standard InChI is InChI=1S/C24H16N2/c1-2-6-18(7-3-1)26-15-14-17-11-10-16-12-13-21-23(22(16)24(17)26)19-8-4-5-9-20(19)25-21/h1-15,25H. The van der Waals surface area contributed by atoms with Crippen molar-refractivity contribution in [3.8, 4) is 5.69 Å². The molecule has 0 aliphatic carbocycles. The molecule has 2 aromatic heterocycles. The van der Waals surface area contributed by atoms with Gasteiger partial charge in [-0.3, -0.25) is 0 Å². The summed E-state index contributed by atoms with van der Waals surface area (Å²) in [6.45, 7) is 0. The molecule has 2 heteroatoms. The maximum absolute atomic E-state index is 3.58. The number of hydrogen-bond donors (Lipinski definition) is 1. The molecule has 0 aliphatic heterocycles. The quantitative estimate of drug-likeness (QED) is 0.359. The summed E-state index contributed by atoms with van der Waals surface area (Å²) in [6, 6.07) is 30.2. The number of nitrogens with zero attached hydrogens (tertiary/aromatic N) is 1. The van der Waals surface area contributed by atoms with Crippen LogP contribution in [0.4, 0.5) is 0 Å². The molecule has 0 bridgehead atoms. The van der Waals surface area contributed by atoms with E-state index in [9.17, 15) is 0 Å². The second-order valence-electron chi connectivity index (χ2n) is 6.78. The Balaban J connectivity index is 1.90. The molecule has 1 N–H and O–H groups in total. The fraction of sp³-hybridized carbons (Fsp3) is 0. The highest BCUT2D eigenvalue weighted by Crippen LogP contribution is 2.37. The number of aromatic nitrogens is 2. The van der Waals surface area contributed by atoms with Crippen molar-refractivity contribution in [1.29, 1.82) is 0 Å². The third kappa shape index (κ3) is 1.76. The van der Waals surface area contributed by atoms with E-state index >= 15 is 0 Å². The fourth-order valence-corrected chi connectivity index (χ4v) is 4.18. The van der Waals surface area contributed by atoms with Gasteiger partial charge in [-0.25, -0.2) is 0 Å². The van der Waals surface area contributed by atoms with E-state index < -0.39 is 0 Å². The van der Waals surface area contributed by atoms with Gasteiger partial charge in [0.2, 0.25) is 0 Å². The predicted octanol–water partition coefficient (Wildman–Crippen LogP) is 6.42. The Bertz CT molecular complexity index is 1420. The molecule has 0 saturated carbocycles. The molecule has 0 unspecified atom stereocenters. The maximum atomic E-state index is 3.58. The van der Waals surface area contributed by atoms with E-state index in [0.717, 1.165) is 0 Å². The van der Waals surface area contributed by atoms with Crippen LogP contribution in [0.3, 0.4) is 0 Å². The molecular weight excluding hydrogens is 316 g/mol. The van der Waals surface area contributed by atoms with Crippen LogP contribution in [0.5, 0.6) is 0 Å². The number of hydrogen-bond acceptors (Lipinski definition) is 0. The average Bonchev–Trinajstić information content (AvgIpc) is 3.30. The van der Waals surface area contributed by atoms with Crippen molar-refractivity contribution in [2.75, 3.05) is 0 Å². The van der Waals surface area contributed by atoms with E-state index in [-0.39, 0.29) is 0 Å². The third-order valence-electron chi connectivity index (χ3n) is 5.33. The number of nitrogens with one attached hydrogen (secondary N) is 1. The van der Waals surface area contributed by atoms with E-state index in [1.165, 1.54) is 49.2 Å². The number of rotatable bonds is 1. The second-order valence-corrected chi connectivity index (χ2v) is 6.78. The number of H-pyrrole nitrogens is 1. The molecule has 0 aliphatic rings. The molecule has 0 spiro atoms. The molecule has 26 heavy (non-hydrogen) atoms. The molecule has 0 atom stereocenters. The number of aromatic amines is 1. The average molecular weight is 332 g/mol. The van der Waals surface area contributed by atoms with Gasteiger partial charge in [-0.15, -0.1) is 0 Å². The number of para-hydroxylation sites is 2. The maximum Gasteiger partial charge on any atom is 0.0613 e. The van der Waals surface area contributed by atoms with Crippen LogP contribution in [0.2, 0.25) is 0 Å². The van der Waals surface area contributed by atoms with Crippen molar-refractivity contribution in [3.63, 3.8) is 0 Å². The van der Waals surface area contributed by atoms with Crippen LogP contribution < -0.4 is 0 Å². The Labute approximate surface area is 150 Å². The van der Waals surface area contributed by atoms with E-state index in [4.69, 9.17) is 0 Å². The summed E-state index contributed by atoms with van der Waals surface area (Å²) >= 11 is 0. The smallest absolute Gasteiger partial charge is 0.0613 e. The summed E-state index contributed by atoms with van der Waals surface area (Å²) < 4.78 is 2.30. The molecule has 0 saturated heterocycles. The van der Waals surface area contributed by atoms with E-state index in [1.807, 2.05) is 0 Å². The Morgan fingerprint density at radius 2 is 1.35 bits per heavy atom. The van der Waals surface area contributed by atoms with Gasteiger partial charge in [-0.05, 0) is 35.7 Å². The van der Waals surface area contributed by atoms with E-state index in [2.05, 4.69) is 101 Å². The SMILES string of the molecule is c1ccc(-n2ccc3ccc4ccc5[nH]c6ccccc6c5c4c32)cc1. The molecule has 6 rings (SSSR count). The van der Waals surface area contributed by atoms with Crippen LogP contribution in [-0.2, 0) is 0 Å². The third-order valence-corrected chi connectivity index (χ3v) is 5.33. The Morgan fingerprint density at radius 1 is 0.577 bits per heavy atom. The predicted molar refractivity (Wildman–Crippen MR) is 110 cm³/mol. The van der Waals surface area contributed by atoms with Gasteiger partial charge in [0, 0.05) is 44.5 Å². The largest absolute Gasteiger partial charge is 0.354 e. The number of benzene rings is 4. The van der Waals surface area contributed by atoms with Crippen LogP contribution in [-0.4, -0.2) is 9.55 Å². The molecular formula is C24H16N2. The van der Waals surface area contributed by atoms with Crippen molar-refractivity contribution < 1.29 is 0 Å². The van der Waals surface area contributed by atoms with Gasteiger partial charge in [0.1, 0.15) is 0 Å². The molecule has 2 nitrogen and oxygen atoms in total. The van der Waals surface area contributed by atoms with Gasteiger partial charge >= 0.3 is 0 Å². The lowest BCUT2D eigenvalue weighted by molar-refractivity contribution is 1.13. The molecule has 2 heterocycles. The van der Waals surface area contributed by atoms with Gasteiger partial charge in [0.15, 0.2) is 0 Å². The first kappa shape index (κ1) is 13.7.